The number of benzene rings is 3. The van der Waals surface area contributed by atoms with E-state index in [-0.39, 0.29) is 4.90 Å². The quantitative estimate of drug-likeness (QED) is 0.319. The zero-order chi connectivity index (χ0) is 24.7. The van der Waals surface area contributed by atoms with Gasteiger partial charge in [-0.2, -0.15) is 0 Å². The van der Waals surface area contributed by atoms with Crippen LogP contribution in [0.15, 0.2) is 71.6 Å². The summed E-state index contributed by atoms with van der Waals surface area (Å²) in [5.41, 5.74) is 3.05. The smallest absolute Gasteiger partial charge is 0.262 e. The van der Waals surface area contributed by atoms with E-state index in [0.29, 0.717) is 40.5 Å². The molecule has 0 heterocycles. The number of anilines is 3. The molecule has 3 N–H and O–H groups in total. The first-order chi connectivity index (χ1) is 16.2. The van der Waals surface area contributed by atoms with E-state index in [2.05, 4.69) is 29.2 Å². The molecule has 0 radical (unpaired) electrons. The van der Waals surface area contributed by atoms with Crippen LogP contribution in [-0.2, 0) is 10.0 Å². The summed E-state index contributed by atoms with van der Waals surface area (Å²) >= 11 is 5.41. The van der Waals surface area contributed by atoms with Crippen LogP contribution in [0, 0.1) is 0 Å². The fourth-order valence-electron chi connectivity index (χ4n) is 3.18. The second kappa shape index (κ2) is 11.2. The Morgan fingerprint density at radius 3 is 2.18 bits per heavy atom. The standard InChI is InChI=1S/C25H29N3O4S2/c1-5-32-21-12-10-20(11-13-21)28-34(29,30)22-14-15-23(24(16-22)31-4)27-25(33)26-19-8-6-18(7-9-19)17(2)3/h6-17,28H,5H2,1-4H3,(H2,26,27,33). The largest absolute Gasteiger partial charge is 0.495 e. The average molecular weight is 500 g/mol. The minimum absolute atomic E-state index is 0.0620. The molecule has 0 bridgehead atoms. The van der Waals surface area contributed by atoms with Gasteiger partial charge < -0.3 is 20.1 Å². The molecule has 3 aromatic carbocycles. The average Bonchev–Trinajstić information content (AvgIpc) is 2.80. The summed E-state index contributed by atoms with van der Waals surface area (Å²) in [6.07, 6.45) is 0. The molecule has 3 aromatic rings. The zero-order valence-electron chi connectivity index (χ0n) is 19.6. The van der Waals surface area contributed by atoms with Crippen LogP contribution in [0.25, 0.3) is 0 Å². The van der Waals surface area contributed by atoms with Gasteiger partial charge in [0, 0.05) is 17.4 Å². The molecule has 0 atom stereocenters. The molecule has 0 aromatic heterocycles. The van der Waals surface area contributed by atoms with Crippen LogP contribution in [0.5, 0.6) is 11.5 Å². The van der Waals surface area contributed by atoms with Gasteiger partial charge >= 0.3 is 0 Å². The highest BCUT2D eigenvalue weighted by molar-refractivity contribution is 7.92. The Kier molecular flexibility index (Phi) is 8.36. The summed E-state index contributed by atoms with van der Waals surface area (Å²) in [5, 5.41) is 6.54. The first kappa shape index (κ1) is 25.3. The van der Waals surface area contributed by atoms with Gasteiger partial charge in [-0.05, 0) is 79.2 Å². The summed E-state index contributed by atoms with van der Waals surface area (Å²) < 4.78 is 39.1. The molecule has 180 valence electrons. The number of methoxy groups -OCH3 is 1. The number of hydrogen-bond donors (Lipinski definition) is 3. The molecule has 34 heavy (non-hydrogen) atoms. The van der Waals surface area contributed by atoms with E-state index >= 15 is 0 Å². The Labute approximate surface area is 206 Å². The molecular weight excluding hydrogens is 470 g/mol. The van der Waals surface area contributed by atoms with Crippen molar-refractivity contribution in [3.05, 3.63) is 72.3 Å². The van der Waals surface area contributed by atoms with E-state index < -0.39 is 10.0 Å². The van der Waals surface area contributed by atoms with E-state index in [1.54, 1.807) is 30.3 Å². The molecule has 0 saturated heterocycles. The third-order valence-electron chi connectivity index (χ3n) is 4.98. The number of rotatable bonds is 9. The van der Waals surface area contributed by atoms with E-state index in [0.717, 1.165) is 5.69 Å². The lowest BCUT2D eigenvalue weighted by molar-refractivity contribution is 0.340. The van der Waals surface area contributed by atoms with E-state index in [1.807, 2.05) is 31.2 Å². The summed E-state index contributed by atoms with van der Waals surface area (Å²) in [7, 11) is -2.35. The van der Waals surface area contributed by atoms with E-state index in [9.17, 15) is 8.42 Å². The van der Waals surface area contributed by atoms with Crippen molar-refractivity contribution in [3.8, 4) is 11.5 Å². The highest BCUT2D eigenvalue weighted by Crippen LogP contribution is 2.29. The summed E-state index contributed by atoms with van der Waals surface area (Å²) in [4.78, 5) is 0.0620. The normalized spacial score (nSPS) is 11.1. The van der Waals surface area contributed by atoms with Gasteiger partial charge in [0.25, 0.3) is 10.0 Å². The molecule has 0 fully saturated rings. The Bertz CT molecular complexity index is 1230. The van der Waals surface area contributed by atoms with Crippen LogP contribution in [0.3, 0.4) is 0 Å². The Morgan fingerprint density at radius 1 is 0.941 bits per heavy atom. The van der Waals surface area contributed by atoms with Gasteiger partial charge in [0.05, 0.1) is 24.3 Å². The second-order valence-corrected chi connectivity index (χ2v) is 9.87. The monoisotopic (exact) mass is 499 g/mol. The summed E-state index contributed by atoms with van der Waals surface area (Å²) in [6, 6.07) is 19.3. The Morgan fingerprint density at radius 2 is 1.59 bits per heavy atom. The van der Waals surface area contributed by atoms with Gasteiger partial charge in [-0.15, -0.1) is 0 Å². The van der Waals surface area contributed by atoms with Crippen LogP contribution in [0.2, 0.25) is 0 Å². The molecule has 0 aliphatic heterocycles. The third kappa shape index (κ3) is 6.61. The minimum Gasteiger partial charge on any atom is -0.495 e. The molecular formula is C25H29N3O4S2. The lowest BCUT2D eigenvalue weighted by Gasteiger charge is -2.16. The van der Waals surface area contributed by atoms with Crippen LogP contribution >= 0.6 is 12.2 Å². The lowest BCUT2D eigenvalue weighted by atomic mass is 10.0. The SMILES string of the molecule is CCOc1ccc(NS(=O)(=O)c2ccc(NC(=S)Nc3ccc(C(C)C)cc3)c(OC)c2)cc1. The number of hydrogen-bond acceptors (Lipinski definition) is 5. The van der Waals surface area contributed by atoms with Crippen molar-refractivity contribution in [1.82, 2.24) is 0 Å². The number of sulfonamides is 1. The minimum atomic E-state index is -3.82. The maximum absolute atomic E-state index is 12.9. The maximum Gasteiger partial charge on any atom is 0.262 e. The molecule has 0 spiro atoms. The molecule has 9 heteroatoms. The highest BCUT2D eigenvalue weighted by Gasteiger charge is 2.17. The van der Waals surface area contributed by atoms with Crippen molar-refractivity contribution in [2.75, 3.05) is 29.1 Å². The number of ether oxygens (including phenoxy) is 2. The fourth-order valence-corrected chi connectivity index (χ4v) is 4.48. The van der Waals surface area contributed by atoms with Crippen molar-refractivity contribution in [1.29, 1.82) is 0 Å². The molecule has 0 unspecified atom stereocenters. The van der Waals surface area contributed by atoms with Crippen LogP contribution in [0.1, 0.15) is 32.3 Å². The van der Waals surface area contributed by atoms with Crippen molar-refractivity contribution in [3.63, 3.8) is 0 Å². The molecule has 0 amide bonds. The molecule has 0 aliphatic rings. The Hall–Kier alpha value is -3.30. The lowest BCUT2D eigenvalue weighted by Crippen LogP contribution is -2.20. The summed E-state index contributed by atoms with van der Waals surface area (Å²) in [5.74, 6) is 1.46. The molecule has 0 aliphatic carbocycles. The van der Waals surface area contributed by atoms with Gasteiger partial charge in [-0.25, -0.2) is 8.42 Å². The molecule has 3 rings (SSSR count). The Balaban J connectivity index is 1.70. The van der Waals surface area contributed by atoms with E-state index in [1.165, 1.54) is 24.8 Å². The van der Waals surface area contributed by atoms with Crippen molar-refractivity contribution < 1.29 is 17.9 Å². The van der Waals surface area contributed by atoms with Crippen molar-refractivity contribution in [2.24, 2.45) is 0 Å². The third-order valence-corrected chi connectivity index (χ3v) is 6.57. The van der Waals surface area contributed by atoms with Gasteiger partial charge in [0.2, 0.25) is 0 Å². The maximum atomic E-state index is 12.9. The first-order valence-corrected chi connectivity index (χ1v) is 12.7. The highest BCUT2D eigenvalue weighted by atomic mass is 32.2. The topological polar surface area (TPSA) is 88.7 Å². The van der Waals surface area contributed by atoms with Gasteiger partial charge in [0.15, 0.2) is 5.11 Å². The molecule has 7 nitrogen and oxygen atoms in total. The van der Waals surface area contributed by atoms with Crippen molar-refractivity contribution in [2.45, 2.75) is 31.6 Å². The second-order valence-electron chi connectivity index (χ2n) is 7.78. The number of nitrogens with one attached hydrogen (secondary N) is 3. The predicted molar refractivity (Wildman–Crippen MR) is 142 cm³/mol. The van der Waals surface area contributed by atoms with Gasteiger partial charge in [0.1, 0.15) is 11.5 Å². The van der Waals surface area contributed by atoms with E-state index in [4.69, 9.17) is 21.7 Å². The van der Waals surface area contributed by atoms with Gasteiger partial charge in [-0.3, -0.25) is 4.72 Å². The molecule has 0 saturated carbocycles. The zero-order valence-corrected chi connectivity index (χ0v) is 21.2. The fraction of sp³-hybridized carbons (Fsp3) is 0.240. The predicted octanol–water partition coefficient (Wildman–Crippen LogP) is 5.83. The van der Waals surface area contributed by atoms with Crippen LogP contribution < -0.4 is 24.8 Å². The van der Waals surface area contributed by atoms with Crippen molar-refractivity contribution >= 4 is 44.4 Å². The van der Waals surface area contributed by atoms with Gasteiger partial charge in [-0.1, -0.05) is 26.0 Å². The number of thiocarbonyl (C=S) groups is 1. The van der Waals surface area contributed by atoms with Crippen LogP contribution in [-0.4, -0.2) is 27.2 Å². The van der Waals surface area contributed by atoms with Crippen LogP contribution in [0.4, 0.5) is 17.1 Å². The first-order valence-electron chi connectivity index (χ1n) is 10.8. The summed E-state index contributed by atoms with van der Waals surface area (Å²) in [6.45, 7) is 6.70.